The molecule has 2 aromatic heterocycles. The first kappa shape index (κ1) is 8.00. The van der Waals surface area contributed by atoms with E-state index in [1.165, 1.54) is 0 Å². The van der Waals surface area contributed by atoms with Gasteiger partial charge in [-0.1, -0.05) is 0 Å². The molecule has 0 spiro atoms. The van der Waals surface area contributed by atoms with Crippen molar-refractivity contribution < 1.29 is 5.11 Å². The second-order valence-electron chi connectivity index (χ2n) is 2.75. The van der Waals surface area contributed by atoms with Gasteiger partial charge in [-0.05, 0) is 12.1 Å². The Labute approximate surface area is 74.8 Å². The molecule has 0 saturated heterocycles. The number of nitrogen functional groups attached to an aromatic ring is 1. The van der Waals surface area contributed by atoms with Crippen LogP contribution < -0.4 is 5.73 Å². The number of hydrogen-bond donors (Lipinski definition) is 2. The normalized spacial score (nSPS) is 10.8. The molecule has 5 nitrogen and oxygen atoms in total. The second kappa shape index (κ2) is 3.02. The number of pyridine rings is 1. The highest BCUT2D eigenvalue weighted by atomic mass is 16.3. The highest BCUT2D eigenvalue weighted by Gasteiger charge is 2.05. The van der Waals surface area contributed by atoms with Gasteiger partial charge < -0.3 is 10.8 Å². The summed E-state index contributed by atoms with van der Waals surface area (Å²) >= 11 is 0. The van der Waals surface area contributed by atoms with Gasteiger partial charge in [-0.3, -0.25) is 4.40 Å². The predicted octanol–water partition coefficient (Wildman–Crippen LogP) is -0.154. The van der Waals surface area contributed by atoms with E-state index in [1.54, 1.807) is 10.5 Å². The molecule has 0 aliphatic rings. The lowest BCUT2D eigenvalue weighted by molar-refractivity contribution is 0.296. The Hall–Kier alpha value is -1.62. The van der Waals surface area contributed by atoms with Crippen LogP contribution in [0.3, 0.4) is 0 Å². The molecule has 0 saturated carbocycles. The molecule has 3 N–H and O–H groups in total. The summed E-state index contributed by atoms with van der Waals surface area (Å²) in [6.07, 6.45) is 2.32. The topological polar surface area (TPSA) is 76.4 Å². The van der Waals surface area contributed by atoms with Gasteiger partial charge in [0.2, 0.25) is 0 Å². The van der Waals surface area contributed by atoms with E-state index >= 15 is 0 Å². The summed E-state index contributed by atoms with van der Waals surface area (Å²) < 4.78 is 1.78. The van der Waals surface area contributed by atoms with Crippen LogP contribution in [0.5, 0.6) is 0 Å². The molecule has 0 fully saturated rings. The molecular weight excluding hydrogens is 168 g/mol. The van der Waals surface area contributed by atoms with Gasteiger partial charge in [-0.2, -0.15) is 0 Å². The van der Waals surface area contributed by atoms with Gasteiger partial charge in [-0.15, -0.1) is 10.2 Å². The number of aliphatic hydroxyl groups excluding tert-OH is 1. The molecule has 0 bridgehead atoms. The van der Waals surface area contributed by atoms with Gasteiger partial charge in [0, 0.05) is 12.6 Å². The summed E-state index contributed by atoms with van der Waals surface area (Å²) in [4.78, 5) is 0. The standard InChI is InChI=1S/C8H10N4O/c9-6-2-1-4-12-7(3-5-13)10-11-8(6)12/h1-2,4,13H,3,5,9H2. The summed E-state index contributed by atoms with van der Waals surface area (Å²) in [6, 6.07) is 3.60. The van der Waals surface area contributed by atoms with Gasteiger partial charge in [0.25, 0.3) is 0 Å². The summed E-state index contributed by atoms with van der Waals surface area (Å²) in [7, 11) is 0. The zero-order chi connectivity index (χ0) is 9.26. The average molecular weight is 178 g/mol. The molecular formula is C8H10N4O. The predicted molar refractivity (Wildman–Crippen MR) is 48.2 cm³/mol. The summed E-state index contributed by atoms with van der Waals surface area (Å²) in [5, 5.41) is 16.6. The van der Waals surface area contributed by atoms with E-state index in [2.05, 4.69) is 10.2 Å². The fourth-order valence-electron chi connectivity index (χ4n) is 1.25. The molecule has 2 aromatic rings. The lowest BCUT2D eigenvalue weighted by atomic mass is 10.4. The first-order valence-corrected chi connectivity index (χ1v) is 4.02. The molecule has 0 aromatic carbocycles. The molecule has 2 rings (SSSR count). The fraction of sp³-hybridized carbons (Fsp3) is 0.250. The second-order valence-corrected chi connectivity index (χ2v) is 2.75. The fourth-order valence-corrected chi connectivity index (χ4v) is 1.25. The first-order chi connectivity index (χ1) is 6.33. The molecule has 5 heteroatoms. The van der Waals surface area contributed by atoms with Crippen LogP contribution in [-0.2, 0) is 6.42 Å². The van der Waals surface area contributed by atoms with Crippen molar-refractivity contribution in [2.45, 2.75) is 6.42 Å². The first-order valence-electron chi connectivity index (χ1n) is 4.02. The number of anilines is 1. The highest BCUT2D eigenvalue weighted by Crippen LogP contribution is 2.11. The Morgan fingerprint density at radius 1 is 1.46 bits per heavy atom. The number of nitrogens with two attached hydrogens (primary N) is 1. The molecule has 0 atom stereocenters. The van der Waals surface area contributed by atoms with E-state index in [-0.39, 0.29) is 6.61 Å². The quantitative estimate of drug-likeness (QED) is 0.670. The van der Waals surface area contributed by atoms with Gasteiger partial charge in [0.15, 0.2) is 5.65 Å². The third-order valence-corrected chi connectivity index (χ3v) is 1.87. The van der Waals surface area contributed by atoms with Crippen LogP contribution in [0.25, 0.3) is 5.65 Å². The smallest absolute Gasteiger partial charge is 0.183 e. The van der Waals surface area contributed by atoms with Crippen molar-refractivity contribution in [1.29, 1.82) is 0 Å². The number of fused-ring (bicyclic) bond motifs is 1. The monoisotopic (exact) mass is 178 g/mol. The number of aromatic nitrogens is 3. The van der Waals surface area contributed by atoms with Crippen molar-refractivity contribution in [1.82, 2.24) is 14.6 Å². The van der Waals surface area contributed by atoms with Crippen molar-refractivity contribution in [2.75, 3.05) is 12.3 Å². The van der Waals surface area contributed by atoms with Crippen LogP contribution in [0.1, 0.15) is 5.82 Å². The van der Waals surface area contributed by atoms with Crippen molar-refractivity contribution in [3.05, 3.63) is 24.2 Å². The van der Waals surface area contributed by atoms with Crippen LogP contribution in [0, 0.1) is 0 Å². The Balaban J connectivity index is 2.61. The molecule has 13 heavy (non-hydrogen) atoms. The minimum atomic E-state index is 0.0651. The van der Waals surface area contributed by atoms with Crippen LogP contribution >= 0.6 is 0 Å². The molecule has 0 amide bonds. The molecule has 0 unspecified atom stereocenters. The Morgan fingerprint density at radius 2 is 2.31 bits per heavy atom. The maximum Gasteiger partial charge on any atom is 0.183 e. The van der Waals surface area contributed by atoms with E-state index in [4.69, 9.17) is 10.8 Å². The van der Waals surface area contributed by atoms with Gasteiger partial charge in [-0.25, -0.2) is 0 Å². The zero-order valence-electron chi connectivity index (χ0n) is 7.01. The van der Waals surface area contributed by atoms with Gasteiger partial charge in [0.1, 0.15) is 5.82 Å². The maximum absolute atomic E-state index is 8.75. The number of hydrogen-bond acceptors (Lipinski definition) is 4. The lowest BCUT2D eigenvalue weighted by Crippen LogP contribution is -1.99. The zero-order valence-corrected chi connectivity index (χ0v) is 7.01. The van der Waals surface area contributed by atoms with E-state index in [9.17, 15) is 0 Å². The van der Waals surface area contributed by atoms with E-state index in [0.29, 0.717) is 17.8 Å². The van der Waals surface area contributed by atoms with Crippen molar-refractivity contribution in [3.8, 4) is 0 Å². The van der Waals surface area contributed by atoms with Crippen molar-refractivity contribution >= 4 is 11.3 Å². The summed E-state index contributed by atoms with van der Waals surface area (Å²) in [5.41, 5.74) is 6.92. The molecule has 2 heterocycles. The van der Waals surface area contributed by atoms with Crippen LogP contribution in [0.15, 0.2) is 18.3 Å². The highest BCUT2D eigenvalue weighted by molar-refractivity contribution is 5.63. The Morgan fingerprint density at radius 3 is 3.08 bits per heavy atom. The number of rotatable bonds is 2. The van der Waals surface area contributed by atoms with E-state index < -0.39 is 0 Å². The van der Waals surface area contributed by atoms with Crippen LogP contribution in [-0.4, -0.2) is 26.3 Å². The Bertz CT molecular complexity index is 423. The molecule has 0 aliphatic carbocycles. The van der Waals surface area contributed by atoms with E-state index in [0.717, 1.165) is 5.82 Å². The number of nitrogens with zero attached hydrogens (tertiary/aromatic N) is 3. The van der Waals surface area contributed by atoms with Crippen molar-refractivity contribution in [2.24, 2.45) is 0 Å². The minimum Gasteiger partial charge on any atom is -0.396 e. The largest absolute Gasteiger partial charge is 0.396 e. The molecule has 68 valence electrons. The molecule has 0 aliphatic heterocycles. The van der Waals surface area contributed by atoms with E-state index in [1.807, 2.05) is 12.3 Å². The van der Waals surface area contributed by atoms with Gasteiger partial charge >= 0.3 is 0 Å². The maximum atomic E-state index is 8.75. The molecule has 0 radical (unpaired) electrons. The van der Waals surface area contributed by atoms with Gasteiger partial charge in [0.05, 0.1) is 12.3 Å². The Kier molecular flexibility index (Phi) is 1.86. The third-order valence-electron chi connectivity index (χ3n) is 1.87. The summed E-state index contributed by atoms with van der Waals surface area (Å²) in [5.74, 6) is 0.727. The summed E-state index contributed by atoms with van der Waals surface area (Å²) in [6.45, 7) is 0.0651. The van der Waals surface area contributed by atoms with Crippen molar-refractivity contribution in [3.63, 3.8) is 0 Å². The SMILES string of the molecule is Nc1cccn2c(CCO)nnc12. The number of aliphatic hydroxyl groups is 1. The third kappa shape index (κ3) is 1.23. The lowest BCUT2D eigenvalue weighted by Gasteiger charge is -1.98. The minimum absolute atomic E-state index is 0.0651. The van der Waals surface area contributed by atoms with Crippen LogP contribution in [0.4, 0.5) is 5.69 Å². The average Bonchev–Trinajstić information content (AvgIpc) is 2.51. The van der Waals surface area contributed by atoms with Crippen LogP contribution in [0.2, 0.25) is 0 Å².